The predicted octanol–water partition coefficient (Wildman–Crippen LogP) is 8.09. The fourth-order valence-corrected chi connectivity index (χ4v) is 6.19. The molecule has 0 saturated heterocycles. The summed E-state index contributed by atoms with van der Waals surface area (Å²) in [6.07, 6.45) is 2.33. The lowest BCUT2D eigenvalue weighted by atomic mass is 9.80. The molecule has 0 fully saturated rings. The molecule has 0 aliphatic carbocycles. The lowest BCUT2D eigenvalue weighted by Crippen LogP contribution is -2.30. The number of nitrogens with zero attached hydrogens (tertiary/aromatic N) is 2. The van der Waals surface area contributed by atoms with Crippen LogP contribution in [0.5, 0.6) is 0 Å². The normalized spacial score (nSPS) is 12.7. The van der Waals surface area contributed by atoms with Crippen LogP contribution in [-0.4, -0.2) is 4.40 Å². The Morgan fingerprint density at radius 1 is 0.657 bits per heavy atom. The quantitative estimate of drug-likeness (QED) is 0.222. The molecule has 0 unspecified atom stereocenters. The highest BCUT2D eigenvalue weighted by molar-refractivity contribution is 6.23. The van der Waals surface area contributed by atoms with Crippen LogP contribution in [0, 0.1) is 6.92 Å². The van der Waals surface area contributed by atoms with Crippen molar-refractivity contribution in [2.45, 2.75) is 33.1 Å². The van der Waals surface area contributed by atoms with Crippen LogP contribution in [0.15, 0.2) is 85.1 Å². The van der Waals surface area contributed by atoms with E-state index < -0.39 is 0 Å². The molecule has 0 radical (unpaired) electrons. The Labute approximate surface area is 205 Å². The molecule has 7 rings (SSSR count). The summed E-state index contributed by atoms with van der Waals surface area (Å²) < 4.78 is 4.79. The molecule has 0 atom stereocenters. The maximum Gasteiger partial charge on any atom is 0.214 e. The Balaban J connectivity index is 1.64. The Morgan fingerprint density at radius 2 is 1.29 bits per heavy atom. The van der Waals surface area contributed by atoms with Gasteiger partial charge in [0.2, 0.25) is 5.69 Å². The number of fused-ring (bicyclic) bond motifs is 7. The van der Waals surface area contributed by atoms with Gasteiger partial charge in [0.1, 0.15) is 7.05 Å². The lowest BCUT2D eigenvalue weighted by molar-refractivity contribution is -0.659. The van der Waals surface area contributed by atoms with Crippen LogP contribution in [0.1, 0.15) is 31.9 Å². The van der Waals surface area contributed by atoms with Gasteiger partial charge in [0.25, 0.3) is 0 Å². The average Bonchev–Trinajstić information content (AvgIpc) is 3.35. The summed E-state index contributed by atoms with van der Waals surface area (Å²) in [5.41, 5.74) is 9.21. The molecule has 0 N–H and O–H groups in total. The minimum absolute atomic E-state index is 0.0520. The smallest absolute Gasteiger partial charge is 0.214 e. The lowest BCUT2D eigenvalue weighted by Gasteiger charge is -2.23. The first-order chi connectivity index (χ1) is 16.8. The summed E-state index contributed by atoms with van der Waals surface area (Å²) >= 11 is 0. The largest absolute Gasteiger partial charge is 0.307 e. The van der Waals surface area contributed by atoms with Gasteiger partial charge in [-0.1, -0.05) is 81.4 Å². The molecule has 0 aliphatic rings. The molecule has 0 bridgehead atoms. The van der Waals surface area contributed by atoms with Crippen molar-refractivity contribution in [2.24, 2.45) is 7.05 Å². The van der Waals surface area contributed by atoms with E-state index in [2.05, 4.69) is 129 Å². The number of aryl methyl sites for hydroxylation is 2. The molecule has 0 aliphatic heterocycles. The summed E-state index contributed by atoms with van der Waals surface area (Å²) in [6.45, 7) is 9.22. The van der Waals surface area contributed by atoms with E-state index in [1.807, 2.05) is 0 Å². The summed E-state index contributed by atoms with van der Waals surface area (Å²) in [5, 5.41) is 7.97. The van der Waals surface area contributed by atoms with Gasteiger partial charge in [0.15, 0.2) is 6.20 Å². The third-order valence-corrected chi connectivity index (χ3v) is 7.88. The number of rotatable bonds is 1. The van der Waals surface area contributed by atoms with E-state index in [0.717, 1.165) is 0 Å². The molecule has 7 aromatic rings. The highest BCUT2D eigenvalue weighted by atomic mass is 15.0. The second kappa shape index (κ2) is 6.82. The van der Waals surface area contributed by atoms with Gasteiger partial charge in [0.05, 0.1) is 27.5 Å². The maximum atomic E-state index is 2.47. The molecule has 170 valence electrons. The zero-order valence-corrected chi connectivity index (χ0v) is 21.0. The molecule has 2 heteroatoms. The zero-order valence-electron chi connectivity index (χ0n) is 21.0. The molecular weight excluding hydrogens is 424 g/mol. The van der Waals surface area contributed by atoms with Crippen LogP contribution in [0.4, 0.5) is 0 Å². The van der Waals surface area contributed by atoms with Crippen LogP contribution in [-0.2, 0) is 12.5 Å². The second-order valence-corrected chi connectivity index (χ2v) is 11.0. The Hall–Kier alpha value is -3.91. The van der Waals surface area contributed by atoms with Crippen molar-refractivity contribution in [1.29, 1.82) is 0 Å². The summed E-state index contributed by atoms with van der Waals surface area (Å²) in [6, 6.07) is 29.2. The Morgan fingerprint density at radius 3 is 2.03 bits per heavy atom. The van der Waals surface area contributed by atoms with E-state index >= 15 is 0 Å². The minimum Gasteiger partial charge on any atom is -0.307 e. The molecule has 0 amide bonds. The SMILES string of the molecule is Cc1c(-c2cc3c(c[n+]2C)c2cccc4c5ccccc5n3c42)cc(C(C)(C)C)c2ccccc12. The van der Waals surface area contributed by atoms with Crippen LogP contribution >= 0.6 is 0 Å². The molecule has 3 heterocycles. The summed E-state index contributed by atoms with van der Waals surface area (Å²) in [5.74, 6) is 0. The highest BCUT2D eigenvalue weighted by Gasteiger charge is 2.25. The van der Waals surface area contributed by atoms with Gasteiger partial charge >= 0.3 is 0 Å². The van der Waals surface area contributed by atoms with Gasteiger partial charge in [0, 0.05) is 22.2 Å². The fourth-order valence-electron chi connectivity index (χ4n) is 6.19. The van der Waals surface area contributed by atoms with E-state index in [1.165, 1.54) is 71.3 Å². The number of hydrogen-bond acceptors (Lipinski definition) is 0. The van der Waals surface area contributed by atoms with Gasteiger partial charge in [-0.15, -0.1) is 0 Å². The van der Waals surface area contributed by atoms with E-state index in [0.29, 0.717) is 0 Å². The van der Waals surface area contributed by atoms with Gasteiger partial charge in [-0.25, -0.2) is 4.57 Å². The summed E-state index contributed by atoms with van der Waals surface area (Å²) in [7, 11) is 2.19. The number of para-hydroxylation sites is 2. The van der Waals surface area contributed by atoms with Crippen LogP contribution < -0.4 is 4.57 Å². The molecule has 4 aromatic carbocycles. The maximum absolute atomic E-state index is 2.47. The van der Waals surface area contributed by atoms with Crippen LogP contribution in [0.25, 0.3) is 60.1 Å². The minimum atomic E-state index is 0.0520. The van der Waals surface area contributed by atoms with E-state index in [-0.39, 0.29) is 5.41 Å². The first kappa shape index (κ1) is 20.5. The fraction of sp³-hybridized carbons (Fsp3) is 0.182. The van der Waals surface area contributed by atoms with Gasteiger partial charge < -0.3 is 4.40 Å². The van der Waals surface area contributed by atoms with E-state index in [1.54, 1.807) is 0 Å². The molecule has 0 saturated carbocycles. The molecule has 2 nitrogen and oxygen atoms in total. The molecule has 35 heavy (non-hydrogen) atoms. The second-order valence-electron chi connectivity index (χ2n) is 11.0. The third kappa shape index (κ3) is 2.68. The number of aromatic nitrogens is 2. The zero-order chi connectivity index (χ0) is 24.1. The Kier molecular flexibility index (Phi) is 3.99. The van der Waals surface area contributed by atoms with Crippen molar-refractivity contribution in [3.05, 3.63) is 96.2 Å². The number of benzene rings is 4. The topological polar surface area (TPSA) is 8.29 Å². The van der Waals surface area contributed by atoms with Gasteiger partial charge in [-0.05, 0) is 46.4 Å². The monoisotopic (exact) mass is 453 g/mol. The van der Waals surface area contributed by atoms with Crippen molar-refractivity contribution in [3.63, 3.8) is 0 Å². The van der Waals surface area contributed by atoms with Gasteiger partial charge in [-0.2, -0.15) is 0 Å². The van der Waals surface area contributed by atoms with Crippen molar-refractivity contribution >= 4 is 48.9 Å². The third-order valence-electron chi connectivity index (χ3n) is 7.88. The standard InChI is InChI=1S/C33H29N2/c1-20-21-11-6-7-12-22(21)28(33(2,3)4)17-26(20)30-18-31-27(19-34(30)5)25-15-10-14-24-23-13-8-9-16-29(23)35(31)32(24)25/h6-19H,1-5H3/q+1. The van der Waals surface area contributed by atoms with E-state index in [4.69, 9.17) is 0 Å². The predicted molar refractivity (Wildman–Crippen MR) is 149 cm³/mol. The molecule has 3 aromatic heterocycles. The van der Waals surface area contributed by atoms with Crippen molar-refractivity contribution in [2.75, 3.05) is 0 Å². The first-order valence-corrected chi connectivity index (χ1v) is 12.4. The first-order valence-electron chi connectivity index (χ1n) is 12.4. The van der Waals surface area contributed by atoms with Crippen molar-refractivity contribution in [1.82, 2.24) is 4.40 Å². The molecular formula is C33H29N2+. The highest BCUT2D eigenvalue weighted by Crippen LogP contribution is 2.41. The molecule has 0 spiro atoms. The van der Waals surface area contributed by atoms with E-state index in [9.17, 15) is 0 Å². The van der Waals surface area contributed by atoms with Crippen molar-refractivity contribution in [3.8, 4) is 11.3 Å². The average molecular weight is 454 g/mol. The van der Waals surface area contributed by atoms with Gasteiger partial charge in [-0.3, -0.25) is 0 Å². The summed E-state index contributed by atoms with van der Waals surface area (Å²) in [4.78, 5) is 0. The number of pyridine rings is 1. The van der Waals surface area contributed by atoms with Crippen LogP contribution in [0.2, 0.25) is 0 Å². The Bertz CT molecular complexity index is 1950. The number of hydrogen-bond donors (Lipinski definition) is 0. The van der Waals surface area contributed by atoms with Crippen LogP contribution in [0.3, 0.4) is 0 Å². The van der Waals surface area contributed by atoms with Crippen molar-refractivity contribution < 1.29 is 4.57 Å².